The molecule has 0 saturated carbocycles. The zero-order valence-electron chi connectivity index (χ0n) is 6.60. The molecule has 0 aliphatic heterocycles. The number of ketones is 1. The maximum absolute atomic E-state index is 10.8. The van der Waals surface area contributed by atoms with Gasteiger partial charge in [0.15, 0.2) is 0 Å². The van der Waals surface area contributed by atoms with Gasteiger partial charge in [0, 0.05) is 19.4 Å². The summed E-state index contributed by atoms with van der Waals surface area (Å²) in [6.45, 7) is 2.21. The molecule has 0 bridgehead atoms. The topological polar surface area (TPSA) is 37.3 Å². The number of hydrogen-bond acceptors (Lipinski definition) is 2. The standard InChI is InChI=1S/C8H16O2/c1-2-3-5-8(10)6-4-7-9/h9H,2-7H2,1H3. The fourth-order valence-corrected chi connectivity index (χ4v) is 0.775. The van der Waals surface area contributed by atoms with Gasteiger partial charge in [0.2, 0.25) is 0 Å². The van der Waals surface area contributed by atoms with Gasteiger partial charge in [-0.2, -0.15) is 0 Å². The molecule has 0 aromatic rings. The third kappa shape index (κ3) is 5.76. The number of Topliss-reactive ketones (excluding diaryl/α,β-unsaturated/α-hetero) is 1. The quantitative estimate of drug-likeness (QED) is 0.613. The van der Waals surface area contributed by atoms with Crippen molar-refractivity contribution in [2.24, 2.45) is 0 Å². The third-order valence-corrected chi connectivity index (χ3v) is 1.42. The van der Waals surface area contributed by atoms with E-state index in [0.717, 1.165) is 12.8 Å². The normalized spacial score (nSPS) is 9.80. The lowest BCUT2D eigenvalue weighted by Gasteiger charge is -1.95. The molecule has 2 nitrogen and oxygen atoms in total. The Labute approximate surface area is 62.2 Å². The van der Waals surface area contributed by atoms with Gasteiger partial charge in [-0.1, -0.05) is 13.3 Å². The summed E-state index contributed by atoms with van der Waals surface area (Å²) in [4.78, 5) is 10.8. The van der Waals surface area contributed by atoms with Crippen molar-refractivity contribution in [3.63, 3.8) is 0 Å². The molecule has 0 unspecified atom stereocenters. The molecule has 1 N–H and O–H groups in total. The van der Waals surface area contributed by atoms with E-state index >= 15 is 0 Å². The average molecular weight is 144 g/mol. The minimum absolute atomic E-state index is 0.137. The summed E-state index contributed by atoms with van der Waals surface area (Å²) in [5.74, 6) is 0.288. The molecule has 0 aromatic carbocycles. The summed E-state index contributed by atoms with van der Waals surface area (Å²) in [6.07, 6.45) is 3.94. The van der Waals surface area contributed by atoms with Crippen LogP contribution in [-0.2, 0) is 4.79 Å². The van der Waals surface area contributed by atoms with Crippen LogP contribution in [0.25, 0.3) is 0 Å². The lowest BCUT2D eigenvalue weighted by atomic mass is 10.1. The van der Waals surface area contributed by atoms with Crippen LogP contribution in [-0.4, -0.2) is 17.5 Å². The highest BCUT2D eigenvalue weighted by molar-refractivity contribution is 5.78. The molecule has 0 saturated heterocycles. The van der Waals surface area contributed by atoms with Crippen molar-refractivity contribution in [3.8, 4) is 0 Å². The lowest BCUT2D eigenvalue weighted by Crippen LogP contribution is -1.98. The van der Waals surface area contributed by atoms with E-state index in [0.29, 0.717) is 19.3 Å². The second-order valence-corrected chi connectivity index (χ2v) is 2.47. The van der Waals surface area contributed by atoms with Crippen LogP contribution in [0.1, 0.15) is 39.0 Å². The highest BCUT2D eigenvalue weighted by Crippen LogP contribution is 1.99. The van der Waals surface area contributed by atoms with Crippen LogP contribution in [0.5, 0.6) is 0 Å². The molecule has 0 spiro atoms. The predicted octanol–water partition coefficient (Wildman–Crippen LogP) is 1.52. The summed E-state index contributed by atoms with van der Waals surface area (Å²) in [5, 5.41) is 8.39. The van der Waals surface area contributed by atoms with Gasteiger partial charge >= 0.3 is 0 Å². The molecule has 0 fully saturated rings. The van der Waals surface area contributed by atoms with Crippen molar-refractivity contribution in [1.29, 1.82) is 0 Å². The Morgan fingerprint density at radius 3 is 2.40 bits per heavy atom. The van der Waals surface area contributed by atoms with Gasteiger partial charge in [-0.15, -0.1) is 0 Å². The molecule has 0 aliphatic rings. The molecular weight excluding hydrogens is 128 g/mol. The molecule has 0 aromatic heterocycles. The number of carbonyl (C=O) groups is 1. The van der Waals surface area contributed by atoms with E-state index in [1.807, 2.05) is 0 Å². The summed E-state index contributed by atoms with van der Waals surface area (Å²) < 4.78 is 0. The zero-order chi connectivity index (χ0) is 7.82. The molecule has 0 amide bonds. The first-order valence-electron chi connectivity index (χ1n) is 3.93. The smallest absolute Gasteiger partial charge is 0.132 e. The Morgan fingerprint density at radius 2 is 1.90 bits per heavy atom. The van der Waals surface area contributed by atoms with Crippen LogP contribution in [0.15, 0.2) is 0 Å². The minimum Gasteiger partial charge on any atom is -0.396 e. The Bertz CT molecular complexity index is 79.3. The monoisotopic (exact) mass is 144 g/mol. The fourth-order valence-electron chi connectivity index (χ4n) is 0.775. The fraction of sp³-hybridized carbons (Fsp3) is 0.875. The van der Waals surface area contributed by atoms with Crippen LogP contribution < -0.4 is 0 Å². The Balaban J connectivity index is 3.09. The van der Waals surface area contributed by atoms with Crippen molar-refractivity contribution < 1.29 is 9.90 Å². The molecule has 0 radical (unpaired) electrons. The number of aliphatic hydroxyl groups is 1. The maximum Gasteiger partial charge on any atom is 0.132 e. The van der Waals surface area contributed by atoms with Gasteiger partial charge in [0.25, 0.3) is 0 Å². The number of rotatable bonds is 6. The van der Waals surface area contributed by atoms with Gasteiger partial charge < -0.3 is 5.11 Å². The van der Waals surface area contributed by atoms with E-state index < -0.39 is 0 Å². The van der Waals surface area contributed by atoms with Crippen molar-refractivity contribution in [3.05, 3.63) is 0 Å². The van der Waals surface area contributed by atoms with E-state index in [1.54, 1.807) is 0 Å². The van der Waals surface area contributed by atoms with Gasteiger partial charge in [0.1, 0.15) is 5.78 Å². The van der Waals surface area contributed by atoms with Gasteiger partial charge in [-0.05, 0) is 12.8 Å². The first-order valence-corrected chi connectivity index (χ1v) is 3.93. The molecule has 2 heteroatoms. The number of carbonyl (C=O) groups excluding carboxylic acids is 1. The summed E-state index contributed by atoms with van der Waals surface area (Å²) in [7, 11) is 0. The van der Waals surface area contributed by atoms with E-state index in [-0.39, 0.29) is 12.4 Å². The van der Waals surface area contributed by atoms with Crippen molar-refractivity contribution in [2.75, 3.05) is 6.61 Å². The second kappa shape index (κ2) is 6.75. The van der Waals surface area contributed by atoms with Crippen LogP contribution in [0.4, 0.5) is 0 Å². The Kier molecular flexibility index (Phi) is 6.50. The summed E-state index contributed by atoms with van der Waals surface area (Å²) in [5.41, 5.74) is 0. The number of unbranched alkanes of at least 4 members (excludes halogenated alkanes) is 1. The molecule has 0 heterocycles. The Morgan fingerprint density at radius 1 is 1.30 bits per heavy atom. The van der Waals surface area contributed by atoms with Crippen molar-refractivity contribution in [2.45, 2.75) is 39.0 Å². The van der Waals surface area contributed by atoms with Crippen LogP contribution in [0, 0.1) is 0 Å². The molecular formula is C8H16O2. The van der Waals surface area contributed by atoms with Gasteiger partial charge in [-0.3, -0.25) is 4.79 Å². The SMILES string of the molecule is CCCCC(=O)CCCO. The van der Waals surface area contributed by atoms with E-state index in [4.69, 9.17) is 5.11 Å². The van der Waals surface area contributed by atoms with E-state index in [1.165, 1.54) is 0 Å². The molecule has 60 valence electrons. The average Bonchev–Trinajstić information content (AvgIpc) is 1.97. The summed E-state index contributed by atoms with van der Waals surface area (Å²) >= 11 is 0. The minimum atomic E-state index is 0.137. The van der Waals surface area contributed by atoms with Gasteiger partial charge in [-0.25, -0.2) is 0 Å². The molecule has 0 atom stereocenters. The Hall–Kier alpha value is -0.370. The van der Waals surface area contributed by atoms with Crippen LogP contribution >= 0.6 is 0 Å². The molecule has 0 rings (SSSR count). The maximum atomic E-state index is 10.8. The molecule has 0 aliphatic carbocycles. The highest BCUT2D eigenvalue weighted by Gasteiger charge is 1.98. The van der Waals surface area contributed by atoms with E-state index in [2.05, 4.69) is 6.92 Å². The van der Waals surface area contributed by atoms with Crippen LogP contribution in [0.3, 0.4) is 0 Å². The first-order chi connectivity index (χ1) is 4.81. The van der Waals surface area contributed by atoms with E-state index in [9.17, 15) is 4.79 Å². The largest absolute Gasteiger partial charge is 0.396 e. The summed E-state index contributed by atoms with van der Waals surface area (Å²) in [6, 6.07) is 0. The zero-order valence-corrected chi connectivity index (χ0v) is 6.60. The number of aliphatic hydroxyl groups excluding tert-OH is 1. The first kappa shape index (κ1) is 9.63. The molecule has 10 heavy (non-hydrogen) atoms. The predicted molar refractivity (Wildman–Crippen MR) is 40.9 cm³/mol. The van der Waals surface area contributed by atoms with Gasteiger partial charge in [0.05, 0.1) is 0 Å². The highest BCUT2D eigenvalue weighted by atomic mass is 16.3. The lowest BCUT2D eigenvalue weighted by molar-refractivity contribution is -0.119. The number of hydrogen-bond donors (Lipinski definition) is 1. The van der Waals surface area contributed by atoms with Crippen molar-refractivity contribution >= 4 is 5.78 Å². The third-order valence-electron chi connectivity index (χ3n) is 1.42. The second-order valence-electron chi connectivity index (χ2n) is 2.47. The van der Waals surface area contributed by atoms with Crippen molar-refractivity contribution in [1.82, 2.24) is 0 Å². The van der Waals surface area contributed by atoms with Crippen LogP contribution in [0.2, 0.25) is 0 Å².